The van der Waals surface area contributed by atoms with Gasteiger partial charge in [0.2, 0.25) is 0 Å². The Balaban J connectivity index is 2.56. The van der Waals surface area contributed by atoms with E-state index in [4.69, 9.17) is 4.74 Å². The minimum atomic E-state index is -0.394. The molecule has 4 heteroatoms. The molecule has 0 bridgehead atoms. The largest absolute Gasteiger partial charge is 0.461 e. The molecule has 0 N–H and O–H groups in total. The van der Waals surface area contributed by atoms with Crippen LogP contribution in [0.2, 0.25) is 0 Å². The maximum atomic E-state index is 11.6. The Morgan fingerprint density at radius 3 is 3.07 bits per heavy atom. The summed E-state index contributed by atoms with van der Waals surface area (Å²) in [7, 11) is 0. The third kappa shape index (κ3) is 1.79. The van der Waals surface area contributed by atoms with Crippen molar-refractivity contribution in [3.8, 4) is 0 Å². The molecule has 15 heavy (non-hydrogen) atoms. The van der Waals surface area contributed by atoms with Gasteiger partial charge < -0.3 is 4.74 Å². The molecule has 0 atom stereocenters. The summed E-state index contributed by atoms with van der Waals surface area (Å²) in [5.74, 6) is -0.394. The maximum absolute atomic E-state index is 11.6. The number of hydrogen-bond acceptors (Lipinski definition) is 4. The van der Waals surface area contributed by atoms with Gasteiger partial charge >= 0.3 is 5.97 Å². The Kier molecular flexibility index (Phi) is 2.58. The fourth-order valence-electron chi connectivity index (χ4n) is 1.38. The van der Waals surface area contributed by atoms with Crippen LogP contribution in [0.1, 0.15) is 17.4 Å². The Labute approximate surface area is 86.9 Å². The Morgan fingerprint density at radius 1 is 1.40 bits per heavy atom. The SMILES string of the molecule is CCOC(=O)c1nccc2cnccc12. The molecule has 0 spiro atoms. The molecule has 0 amide bonds. The van der Waals surface area contributed by atoms with E-state index >= 15 is 0 Å². The molecule has 0 unspecified atom stereocenters. The quantitative estimate of drug-likeness (QED) is 0.697. The number of pyridine rings is 2. The summed E-state index contributed by atoms with van der Waals surface area (Å²) < 4.78 is 4.91. The van der Waals surface area contributed by atoms with Crippen molar-refractivity contribution in [2.24, 2.45) is 0 Å². The van der Waals surface area contributed by atoms with Crippen LogP contribution in [0.5, 0.6) is 0 Å². The van der Waals surface area contributed by atoms with Gasteiger partial charge in [-0.25, -0.2) is 9.78 Å². The zero-order chi connectivity index (χ0) is 10.7. The summed E-state index contributed by atoms with van der Waals surface area (Å²) in [5.41, 5.74) is 0.344. The molecule has 0 saturated carbocycles. The van der Waals surface area contributed by atoms with Crippen LogP contribution < -0.4 is 0 Å². The summed E-state index contributed by atoms with van der Waals surface area (Å²) >= 11 is 0. The molecule has 76 valence electrons. The molecule has 2 aromatic heterocycles. The fraction of sp³-hybridized carbons (Fsp3) is 0.182. The molecule has 0 aliphatic rings. The first-order valence-corrected chi connectivity index (χ1v) is 4.68. The minimum absolute atomic E-state index is 0.344. The monoisotopic (exact) mass is 202 g/mol. The summed E-state index contributed by atoms with van der Waals surface area (Å²) in [5, 5.41) is 1.65. The lowest BCUT2D eigenvalue weighted by Crippen LogP contribution is -2.07. The van der Waals surface area contributed by atoms with Crippen LogP contribution in [-0.4, -0.2) is 22.5 Å². The van der Waals surface area contributed by atoms with Gasteiger partial charge in [0.25, 0.3) is 0 Å². The highest BCUT2D eigenvalue weighted by Gasteiger charge is 2.11. The van der Waals surface area contributed by atoms with Crippen molar-refractivity contribution in [2.45, 2.75) is 6.92 Å². The second-order valence-corrected chi connectivity index (χ2v) is 2.98. The van der Waals surface area contributed by atoms with Gasteiger partial charge in [0.15, 0.2) is 5.69 Å². The number of fused-ring (bicyclic) bond motifs is 1. The summed E-state index contributed by atoms with van der Waals surface area (Å²) in [6, 6.07) is 3.57. The molecule has 2 rings (SSSR count). The second-order valence-electron chi connectivity index (χ2n) is 2.98. The molecule has 0 radical (unpaired) electrons. The van der Waals surface area contributed by atoms with Crippen LogP contribution in [0, 0.1) is 0 Å². The van der Waals surface area contributed by atoms with Gasteiger partial charge in [-0.3, -0.25) is 4.98 Å². The number of hydrogen-bond donors (Lipinski definition) is 0. The number of carbonyl (C=O) groups excluding carboxylic acids is 1. The van der Waals surface area contributed by atoms with Gasteiger partial charge in [-0.05, 0) is 19.1 Å². The highest BCUT2D eigenvalue weighted by Crippen LogP contribution is 2.15. The van der Waals surface area contributed by atoms with Gasteiger partial charge in [0.05, 0.1) is 6.61 Å². The van der Waals surface area contributed by atoms with E-state index in [-0.39, 0.29) is 0 Å². The van der Waals surface area contributed by atoms with Crippen LogP contribution in [0.3, 0.4) is 0 Å². The number of carbonyl (C=O) groups is 1. The van der Waals surface area contributed by atoms with Crippen molar-refractivity contribution >= 4 is 16.7 Å². The molecule has 0 aliphatic carbocycles. The molecule has 0 aromatic carbocycles. The normalized spacial score (nSPS) is 10.2. The number of aromatic nitrogens is 2. The molecule has 2 aromatic rings. The van der Waals surface area contributed by atoms with Crippen LogP contribution in [0.25, 0.3) is 10.8 Å². The van der Waals surface area contributed by atoms with E-state index in [9.17, 15) is 4.79 Å². The average Bonchev–Trinajstić information content (AvgIpc) is 2.28. The lowest BCUT2D eigenvalue weighted by molar-refractivity contribution is 0.0522. The van der Waals surface area contributed by atoms with Crippen molar-refractivity contribution in [3.05, 3.63) is 36.4 Å². The first kappa shape index (κ1) is 9.58. The Bertz CT molecular complexity index is 491. The van der Waals surface area contributed by atoms with Crippen molar-refractivity contribution < 1.29 is 9.53 Å². The fourth-order valence-corrected chi connectivity index (χ4v) is 1.38. The maximum Gasteiger partial charge on any atom is 0.357 e. The molecule has 0 aliphatic heterocycles. The summed E-state index contributed by atoms with van der Waals surface area (Å²) in [4.78, 5) is 19.6. The molecule has 0 fully saturated rings. The number of ether oxygens (including phenoxy) is 1. The van der Waals surface area contributed by atoms with Crippen LogP contribution >= 0.6 is 0 Å². The van der Waals surface area contributed by atoms with Gasteiger partial charge in [-0.1, -0.05) is 0 Å². The molecular weight excluding hydrogens is 192 g/mol. The van der Waals surface area contributed by atoms with E-state index in [0.29, 0.717) is 12.3 Å². The van der Waals surface area contributed by atoms with Crippen molar-refractivity contribution in [2.75, 3.05) is 6.61 Å². The molecular formula is C11H10N2O2. The first-order chi connectivity index (χ1) is 7.33. The van der Waals surface area contributed by atoms with Gasteiger partial charge in [0, 0.05) is 29.4 Å². The van der Waals surface area contributed by atoms with Crippen molar-refractivity contribution in [3.63, 3.8) is 0 Å². The van der Waals surface area contributed by atoms with Gasteiger partial charge in [0.1, 0.15) is 0 Å². The molecule has 2 heterocycles. The van der Waals surface area contributed by atoms with E-state index in [2.05, 4.69) is 9.97 Å². The number of esters is 1. The van der Waals surface area contributed by atoms with Crippen molar-refractivity contribution in [1.29, 1.82) is 0 Å². The lowest BCUT2D eigenvalue weighted by atomic mass is 10.1. The lowest BCUT2D eigenvalue weighted by Gasteiger charge is -2.03. The third-order valence-electron chi connectivity index (χ3n) is 2.03. The number of nitrogens with zero attached hydrogens (tertiary/aromatic N) is 2. The van der Waals surface area contributed by atoms with E-state index in [1.165, 1.54) is 0 Å². The topological polar surface area (TPSA) is 52.1 Å². The first-order valence-electron chi connectivity index (χ1n) is 4.68. The van der Waals surface area contributed by atoms with Gasteiger partial charge in [-0.15, -0.1) is 0 Å². The van der Waals surface area contributed by atoms with Gasteiger partial charge in [-0.2, -0.15) is 0 Å². The van der Waals surface area contributed by atoms with E-state index < -0.39 is 5.97 Å². The highest BCUT2D eigenvalue weighted by molar-refractivity contribution is 6.02. The Hall–Kier alpha value is -1.97. The predicted molar refractivity (Wildman–Crippen MR) is 55.5 cm³/mol. The molecule has 0 saturated heterocycles. The summed E-state index contributed by atoms with van der Waals surface area (Å²) in [6.07, 6.45) is 4.91. The van der Waals surface area contributed by atoms with E-state index in [0.717, 1.165) is 10.8 Å². The standard InChI is InChI=1S/C11H10N2O2/c1-2-15-11(14)10-9-4-5-12-7-8(9)3-6-13-10/h3-7H,2H2,1H3. The predicted octanol–water partition coefficient (Wildman–Crippen LogP) is 1.81. The average molecular weight is 202 g/mol. The van der Waals surface area contributed by atoms with E-state index in [1.807, 2.05) is 6.07 Å². The zero-order valence-electron chi connectivity index (χ0n) is 8.30. The highest BCUT2D eigenvalue weighted by atomic mass is 16.5. The van der Waals surface area contributed by atoms with Crippen LogP contribution in [0.4, 0.5) is 0 Å². The second kappa shape index (κ2) is 4.04. The molecule has 4 nitrogen and oxygen atoms in total. The van der Waals surface area contributed by atoms with Crippen LogP contribution in [-0.2, 0) is 4.74 Å². The Morgan fingerprint density at radius 2 is 2.27 bits per heavy atom. The van der Waals surface area contributed by atoms with Crippen LogP contribution in [0.15, 0.2) is 30.7 Å². The minimum Gasteiger partial charge on any atom is -0.461 e. The van der Waals surface area contributed by atoms with E-state index in [1.54, 1.807) is 31.6 Å². The zero-order valence-corrected chi connectivity index (χ0v) is 8.30. The summed E-state index contributed by atoms with van der Waals surface area (Å²) in [6.45, 7) is 2.12. The number of rotatable bonds is 2. The van der Waals surface area contributed by atoms with Crippen molar-refractivity contribution in [1.82, 2.24) is 9.97 Å². The smallest absolute Gasteiger partial charge is 0.357 e. The third-order valence-corrected chi connectivity index (χ3v) is 2.03.